The summed E-state index contributed by atoms with van der Waals surface area (Å²) in [4.78, 5) is 38.3. The van der Waals surface area contributed by atoms with Crippen molar-refractivity contribution in [2.45, 2.75) is 10.9 Å². The van der Waals surface area contributed by atoms with E-state index in [9.17, 15) is 18.8 Å². The number of carbonyl (C=O) groups is 3. The first kappa shape index (κ1) is 14.8. The minimum atomic E-state index is -0.636. The predicted octanol–water partition coefficient (Wildman–Crippen LogP) is 1.11. The molecule has 0 N–H and O–H groups in total. The Hall–Kier alpha value is -2.09. The van der Waals surface area contributed by atoms with Crippen LogP contribution in [0.15, 0.2) is 29.2 Å². The number of amides is 3. The Labute approximate surface area is 130 Å². The minimum absolute atomic E-state index is 0.0782. The van der Waals surface area contributed by atoms with Crippen LogP contribution in [-0.4, -0.2) is 59.2 Å². The van der Waals surface area contributed by atoms with Gasteiger partial charge in [0.25, 0.3) is 5.91 Å². The molecule has 1 aromatic carbocycles. The number of carbonyl (C=O) groups excluding carboxylic acids is 3. The number of halogens is 1. The average molecular weight is 324 g/mol. The maximum Gasteiger partial charge on any atom is 0.417 e. The quantitative estimate of drug-likeness (QED) is 0.776. The molecule has 2 aliphatic rings. The van der Waals surface area contributed by atoms with Gasteiger partial charge < -0.3 is 9.64 Å². The molecule has 2 aliphatic heterocycles. The Morgan fingerprint density at radius 2 is 1.95 bits per heavy atom. The molecule has 3 amide bonds. The molecule has 0 atom stereocenters. The lowest BCUT2D eigenvalue weighted by Crippen LogP contribution is -2.62. The zero-order valence-corrected chi connectivity index (χ0v) is 12.3. The zero-order valence-electron chi connectivity index (χ0n) is 11.5. The molecule has 0 radical (unpaired) electrons. The number of imide groups is 1. The van der Waals surface area contributed by atoms with Crippen molar-refractivity contribution in [3.05, 3.63) is 30.1 Å². The lowest BCUT2D eigenvalue weighted by atomic mass is 10.1. The van der Waals surface area contributed by atoms with Crippen molar-refractivity contribution >= 4 is 29.7 Å². The Balaban J connectivity index is 1.46. The van der Waals surface area contributed by atoms with Gasteiger partial charge in [0, 0.05) is 18.0 Å². The van der Waals surface area contributed by atoms with E-state index >= 15 is 0 Å². The Bertz CT molecular complexity index is 600. The second-order valence-corrected chi connectivity index (χ2v) is 6.06. The Morgan fingerprint density at radius 3 is 2.55 bits per heavy atom. The molecule has 2 saturated heterocycles. The SMILES string of the molecule is O=C(CSc1ccc(F)cc1)N1CC(N2C(=O)COC2=O)C1. The molecule has 0 aliphatic carbocycles. The smallest absolute Gasteiger partial charge is 0.417 e. The summed E-state index contributed by atoms with van der Waals surface area (Å²) in [6.45, 7) is 0.455. The van der Waals surface area contributed by atoms with Crippen LogP contribution < -0.4 is 0 Å². The Morgan fingerprint density at radius 1 is 1.27 bits per heavy atom. The van der Waals surface area contributed by atoms with E-state index in [4.69, 9.17) is 0 Å². The molecule has 0 saturated carbocycles. The number of benzene rings is 1. The van der Waals surface area contributed by atoms with Crippen molar-refractivity contribution in [2.75, 3.05) is 25.4 Å². The summed E-state index contributed by atoms with van der Waals surface area (Å²) in [5, 5.41) is 0. The number of rotatable bonds is 4. The van der Waals surface area contributed by atoms with Gasteiger partial charge in [0.15, 0.2) is 6.61 Å². The first-order chi connectivity index (χ1) is 10.5. The Kier molecular flexibility index (Phi) is 4.02. The molecule has 1 aromatic rings. The third-order valence-corrected chi connectivity index (χ3v) is 4.54. The van der Waals surface area contributed by atoms with Crippen LogP contribution in [-0.2, 0) is 14.3 Å². The van der Waals surface area contributed by atoms with E-state index in [0.29, 0.717) is 13.1 Å². The molecule has 116 valence electrons. The molecule has 0 unspecified atom stereocenters. The minimum Gasteiger partial charge on any atom is -0.439 e. The van der Waals surface area contributed by atoms with Crippen molar-refractivity contribution in [1.29, 1.82) is 0 Å². The molecule has 3 rings (SSSR count). The van der Waals surface area contributed by atoms with Crippen LogP contribution in [0.25, 0.3) is 0 Å². The summed E-state index contributed by atoms with van der Waals surface area (Å²) < 4.78 is 17.4. The number of hydrogen-bond acceptors (Lipinski definition) is 5. The lowest BCUT2D eigenvalue weighted by Gasteiger charge is -2.41. The van der Waals surface area contributed by atoms with Crippen LogP contribution in [0, 0.1) is 5.82 Å². The molecular weight excluding hydrogens is 311 g/mol. The zero-order chi connectivity index (χ0) is 15.7. The van der Waals surface area contributed by atoms with Crippen LogP contribution in [0.2, 0.25) is 0 Å². The summed E-state index contributed by atoms with van der Waals surface area (Å²) >= 11 is 1.32. The maximum absolute atomic E-state index is 12.8. The van der Waals surface area contributed by atoms with E-state index in [1.54, 1.807) is 17.0 Å². The number of nitrogens with zero attached hydrogens (tertiary/aromatic N) is 2. The van der Waals surface area contributed by atoms with E-state index in [-0.39, 0.29) is 36.0 Å². The molecule has 8 heteroatoms. The van der Waals surface area contributed by atoms with Gasteiger partial charge in [0.05, 0.1) is 11.8 Å². The van der Waals surface area contributed by atoms with Gasteiger partial charge in [-0.25, -0.2) is 14.1 Å². The third kappa shape index (κ3) is 2.92. The fourth-order valence-electron chi connectivity index (χ4n) is 2.31. The number of thioether (sulfide) groups is 1. The second-order valence-electron chi connectivity index (χ2n) is 5.01. The molecular formula is C14H13FN2O4S. The summed E-state index contributed by atoms with van der Waals surface area (Å²) in [6.07, 6.45) is -0.636. The van der Waals surface area contributed by atoms with Gasteiger partial charge in [-0.15, -0.1) is 11.8 Å². The fraction of sp³-hybridized carbons (Fsp3) is 0.357. The number of hydrogen-bond donors (Lipinski definition) is 0. The van der Waals surface area contributed by atoms with Gasteiger partial charge in [-0.05, 0) is 24.3 Å². The normalized spacial score (nSPS) is 18.4. The van der Waals surface area contributed by atoms with Crippen molar-refractivity contribution in [1.82, 2.24) is 9.80 Å². The standard InChI is InChI=1S/C14H13FN2O4S/c15-9-1-3-11(4-2-9)22-8-13(19)16-5-10(6-16)17-12(18)7-21-14(17)20/h1-4,10H,5-8H2. The lowest BCUT2D eigenvalue weighted by molar-refractivity contribution is -0.139. The van der Waals surface area contributed by atoms with Gasteiger partial charge >= 0.3 is 6.09 Å². The highest BCUT2D eigenvalue weighted by Crippen LogP contribution is 2.23. The molecule has 6 nitrogen and oxygen atoms in total. The highest BCUT2D eigenvalue weighted by molar-refractivity contribution is 8.00. The third-order valence-electron chi connectivity index (χ3n) is 3.54. The number of ether oxygens (including phenoxy) is 1. The molecule has 2 fully saturated rings. The topological polar surface area (TPSA) is 66.9 Å². The van der Waals surface area contributed by atoms with Crippen LogP contribution in [0.4, 0.5) is 9.18 Å². The summed E-state index contributed by atoms with van der Waals surface area (Å²) in [6, 6.07) is 5.63. The monoisotopic (exact) mass is 324 g/mol. The number of likely N-dealkylation sites (tertiary alicyclic amines) is 1. The highest BCUT2D eigenvalue weighted by atomic mass is 32.2. The van der Waals surface area contributed by atoms with Gasteiger partial charge in [0.1, 0.15) is 5.82 Å². The summed E-state index contributed by atoms with van der Waals surface area (Å²) in [5.74, 6) is -0.520. The summed E-state index contributed by atoms with van der Waals surface area (Å²) in [5.41, 5.74) is 0. The van der Waals surface area contributed by atoms with E-state index in [1.807, 2.05) is 0 Å². The van der Waals surface area contributed by atoms with Gasteiger partial charge in [-0.2, -0.15) is 0 Å². The average Bonchev–Trinajstić information content (AvgIpc) is 2.77. The predicted molar refractivity (Wildman–Crippen MR) is 75.7 cm³/mol. The van der Waals surface area contributed by atoms with Crippen molar-refractivity contribution in [3.63, 3.8) is 0 Å². The highest BCUT2D eigenvalue weighted by Gasteiger charge is 2.44. The first-order valence-corrected chi connectivity index (χ1v) is 7.68. The molecule has 0 spiro atoms. The van der Waals surface area contributed by atoms with Gasteiger partial charge in [-0.1, -0.05) is 0 Å². The molecule has 0 bridgehead atoms. The second kappa shape index (κ2) is 5.96. The van der Waals surface area contributed by atoms with E-state index in [0.717, 1.165) is 9.80 Å². The van der Waals surface area contributed by atoms with Gasteiger partial charge in [0.2, 0.25) is 5.91 Å². The van der Waals surface area contributed by atoms with Crippen molar-refractivity contribution < 1.29 is 23.5 Å². The fourth-order valence-corrected chi connectivity index (χ4v) is 3.11. The van der Waals surface area contributed by atoms with E-state index in [2.05, 4.69) is 4.74 Å². The van der Waals surface area contributed by atoms with Crippen LogP contribution >= 0.6 is 11.8 Å². The van der Waals surface area contributed by atoms with Crippen LogP contribution in [0.1, 0.15) is 0 Å². The molecule has 2 heterocycles. The van der Waals surface area contributed by atoms with E-state index in [1.165, 1.54) is 23.9 Å². The number of cyclic esters (lactones) is 1. The largest absolute Gasteiger partial charge is 0.439 e. The van der Waals surface area contributed by atoms with Crippen molar-refractivity contribution in [2.24, 2.45) is 0 Å². The molecule has 0 aromatic heterocycles. The van der Waals surface area contributed by atoms with Crippen LogP contribution in [0.5, 0.6) is 0 Å². The maximum atomic E-state index is 12.8. The van der Waals surface area contributed by atoms with Crippen LogP contribution in [0.3, 0.4) is 0 Å². The van der Waals surface area contributed by atoms with E-state index < -0.39 is 6.09 Å². The van der Waals surface area contributed by atoms with Gasteiger partial charge in [-0.3, -0.25) is 9.59 Å². The summed E-state index contributed by atoms with van der Waals surface area (Å²) in [7, 11) is 0. The first-order valence-electron chi connectivity index (χ1n) is 6.69. The molecule has 22 heavy (non-hydrogen) atoms. The van der Waals surface area contributed by atoms with Crippen molar-refractivity contribution in [3.8, 4) is 0 Å².